The SMILES string of the molecule is COCCN(C(=O)CNC(=O)c1ccco1)C(C(=O)NC1CCCC1)c1ccccc1. The van der Waals surface area contributed by atoms with E-state index in [2.05, 4.69) is 10.6 Å². The number of ether oxygens (including phenoxy) is 1. The molecule has 1 heterocycles. The molecule has 166 valence electrons. The van der Waals surface area contributed by atoms with Gasteiger partial charge in [-0.3, -0.25) is 14.4 Å². The zero-order valence-electron chi connectivity index (χ0n) is 17.7. The summed E-state index contributed by atoms with van der Waals surface area (Å²) < 4.78 is 10.2. The molecular weight excluding hydrogens is 398 g/mol. The van der Waals surface area contributed by atoms with Crippen LogP contribution < -0.4 is 10.6 Å². The largest absolute Gasteiger partial charge is 0.459 e. The second kappa shape index (κ2) is 11.3. The topological polar surface area (TPSA) is 101 Å². The van der Waals surface area contributed by atoms with Crippen molar-refractivity contribution in [3.05, 3.63) is 60.1 Å². The Bertz CT molecular complexity index is 847. The number of furan rings is 1. The standard InChI is InChI=1S/C23H29N3O5/c1-30-15-13-26(20(27)16-24-22(28)19-12-7-14-31-19)21(17-8-3-2-4-9-17)23(29)25-18-10-5-6-11-18/h2-4,7-9,12,14,18,21H,5-6,10-11,13,15-16H2,1H3,(H,24,28)(H,25,29). The van der Waals surface area contributed by atoms with Gasteiger partial charge in [0.05, 0.1) is 19.4 Å². The van der Waals surface area contributed by atoms with Crippen molar-refractivity contribution in [1.82, 2.24) is 15.5 Å². The summed E-state index contributed by atoms with van der Waals surface area (Å²) in [6.07, 6.45) is 5.45. The van der Waals surface area contributed by atoms with Crippen LogP contribution in [-0.4, -0.2) is 55.5 Å². The maximum atomic E-state index is 13.3. The van der Waals surface area contributed by atoms with Crippen molar-refractivity contribution in [2.75, 3.05) is 26.8 Å². The lowest BCUT2D eigenvalue weighted by Crippen LogP contribution is -2.49. The van der Waals surface area contributed by atoms with Crippen molar-refractivity contribution < 1.29 is 23.5 Å². The van der Waals surface area contributed by atoms with Crippen LogP contribution in [0.5, 0.6) is 0 Å². The van der Waals surface area contributed by atoms with E-state index in [-0.39, 0.29) is 43.3 Å². The first-order valence-corrected chi connectivity index (χ1v) is 10.6. The van der Waals surface area contributed by atoms with Crippen molar-refractivity contribution in [3.8, 4) is 0 Å². The molecule has 2 aromatic rings. The summed E-state index contributed by atoms with van der Waals surface area (Å²) in [4.78, 5) is 40.0. The summed E-state index contributed by atoms with van der Waals surface area (Å²) in [6.45, 7) is 0.213. The Morgan fingerprint density at radius 3 is 2.52 bits per heavy atom. The Labute approximate surface area is 181 Å². The van der Waals surface area contributed by atoms with Crippen LogP contribution in [-0.2, 0) is 14.3 Å². The Morgan fingerprint density at radius 1 is 1.13 bits per heavy atom. The highest BCUT2D eigenvalue weighted by molar-refractivity contribution is 5.95. The fourth-order valence-corrected chi connectivity index (χ4v) is 3.80. The third kappa shape index (κ3) is 6.18. The average Bonchev–Trinajstić information content (AvgIpc) is 3.49. The Morgan fingerprint density at radius 2 is 1.87 bits per heavy atom. The van der Waals surface area contributed by atoms with Gasteiger partial charge in [-0.25, -0.2) is 0 Å². The normalized spacial score (nSPS) is 14.7. The van der Waals surface area contributed by atoms with E-state index in [1.54, 1.807) is 6.07 Å². The van der Waals surface area contributed by atoms with Gasteiger partial charge in [0.15, 0.2) is 5.76 Å². The molecule has 1 aliphatic carbocycles. The molecule has 1 fully saturated rings. The van der Waals surface area contributed by atoms with E-state index in [0.29, 0.717) is 5.56 Å². The van der Waals surface area contributed by atoms with Crippen molar-refractivity contribution in [3.63, 3.8) is 0 Å². The number of rotatable bonds is 10. The summed E-state index contributed by atoms with van der Waals surface area (Å²) in [5.74, 6) is -0.973. The van der Waals surface area contributed by atoms with Gasteiger partial charge in [-0.15, -0.1) is 0 Å². The molecule has 8 heteroatoms. The Balaban J connectivity index is 1.78. The van der Waals surface area contributed by atoms with Crippen LogP contribution in [0.15, 0.2) is 53.1 Å². The first-order valence-electron chi connectivity index (χ1n) is 10.6. The molecule has 1 aliphatic rings. The number of nitrogens with zero attached hydrogens (tertiary/aromatic N) is 1. The van der Waals surface area contributed by atoms with E-state index in [1.807, 2.05) is 30.3 Å². The Kier molecular flexibility index (Phi) is 8.23. The van der Waals surface area contributed by atoms with Crippen LogP contribution in [0.2, 0.25) is 0 Å². The number of hydrogen-bond donors (Lipinski definition) is 2. The number of nitrogens with one attached hydrogen (secondary N) is 2. The van der Waals surface area contributed by atoms with Gasteiger partial charge in [0, 0.05) is 19.7 Å². The number of benzene rings is 1. The van der Waals surface area contributed by atoms with Gasteiger partial charge < -0.3 is 24.7 Å². The van der Waals surface area contributed by atoms with Gasteiger partial charge in [-0.2, -0.15) is 0 Å². The van der Waals surface area contributed by atoms with E-state index in [0.717, 1.165) is 25.7 Å². The molecule has 1 aromatic heterocycles. The number of amides is 3. The summed E-state index contributed by atoms with van der Waals surface area (Å²) in [5, 5.41) is 5.66. The maximum absolute atomic E-state index is 13.3. The molecule has 0 spiro atoms. The molecule has 0 radical (unpaired) electrons. The minimum atomic E-state index is -0.815. The molecule has 1 atom stereocenters. The first-order chi connectivity index (χ1) is 15.1. The van der Waals surface area contributed by atoms with Gasteiger partial charge in [0.1, 0.15) is 6.04 Å². The molecular formula is C23H29N3O5. The van der Waals surface area contributed by atoms with E-state index in [4.69, 9.17) is 9.15 Å². The molecule has 0 saturated heterocycles. The van der Waals surface area contributed by atoms with Gasteiger partial charge in [-0.1, -0.05) is 43.2 Å². The van der Waals surface area contributed by atoms with Crippen LogP contribution in [0.3, 0.4) is 0 Å². The lowest BCUT2D eigenvalue weighted by molar-refractivity contribution is -0.141. The molecule has 3 amide bonds. The van der Waals surface area contributed by atoms with E-state index in [9.17, 15) is 14.4 Å². The first kappa shape index (κ1) is 22.6. The number of carbonyl (C=O) groups excluding carboxylic acids is 3. The molecule has 1 unspecified atom stereocenters. The summed E-state index contributed by atoms with van der Waals surface area (Å²) in [7, 11) is 1.54. The minimum Gasteiger partial charge on any atom is -0.459 e. The molecule has 2 N–H and O–H groups in total. The predicted molar refractivity (Wildman–Crippen MR) is 114 cm³/mol. The van der Waals surface area contributed by atoms with Crippen LogP contribution >= 0.6 is 0 Å². The fraction of sp³-hybridized carbons (Fsp3) is 0.435. The van der Waals surface area contributed by atoms with Crippen molar-refractivity contribution in [2.45, 2.75) is 37.8 Å². The van der Waals surface area contributed by atoms with Gasteiger partial charge >= 0.3 is 0 Å². The van der Waals surface area contributed by atoms with E-state index < -0.39 is 11.9 Å². The average molecular weight is 428 g/mol. The van der Waals surface area contributed by atoms with Crippen molar-refractivity contribution in [1.29, 1.82) is 0 Å². The molecule has 0 bridgehead atoms. The van der Waals surface area contributed by atoms with E-state index in [1.165, 1.54) is 24.3 Å². The highest BCUT2D eigenvalue weighted by Crippen LogP contribution is 2.24. The fourth-order valence-electron chi connectivity index (χ4n) is 3.80. The monoisotopic (exact) mass is 427 g/mol. The second-order valence-electron chi connectivity index (χ2n) is 7.54. The van der Waals surface area contributed by atoms with Gasteiger partial charge in [0.25, 0.3) is 5.91 Å². The third-order valence-electron chi connectivity index (χ3n) is 5.38. The van der Waals surface area contributed by atoms with Crippen molar-refractivity contribution >= 4 is 17.7 Å². The van der Waals surface area contributed by atoms with Crippen LogP contribution in [0.1, 0.15) is 47.8 Å². The van der Waals surface area contributed by atoms with Gasteiger partial charge in [0.2, 0.25) is 11.8 Å². The summed E-state index contributed by atoms with van der Waals surface area (Å²) in [6, 6.07) is 11.6. The quantitative estimate of drug-likeness (QED) is 0.606. The van der Waals surface area contributed by atoms with E-state index >= 15 is 0 Å². The number of carbonyl (C=O) groups is 3. The lowest BCUT2D eigenvalue weighted by Gasteiger charge is -2.32. The van der Waals surface area contributed by atoms with Crippen LogP contribution in [0.25, 0.3) is 0 Å². The lowest BCUT2D eigenvalue weighted by atomic mass is 10.0. The summed E-state index contributed by atoms with van der Waals surface area (Å²) >= 11 is 0. The minimum absolute atomic E-state index is 0.120. The highest BCUT2D eigenvalue weighted by atomic mass is 16.5. The molecule has 31 heavy (non-hydrogen) atoms. The third-order valence-corrected chi connectivity index (χ3v) is 5.38. The Hall–Kier alpha value is -3.13. The number of methoxy groups -OCH3 is 1. The molecule has 0 aliphatic heterocycles. The zero-order chi connectivity index (χ0) is 22.1. The highest BCUT2D eigenvalue weighted by Gasteiger charge is 2.33. The predicted octanol–water partition coefficient (Wildman–Crippen LogP) is 2.28. The molecule has 1 saturated carbocycles. The molecule has 8 nitrogen and oxygen atoms in total. The van der Waals surface area contributed by atoms with Crippen LogP contribution in [0.4, 0.5) is 0 Å². The molecule has 3 rings (SSSR count). The smallest absolute Gasteiger partial charge is 0.287 e. The molecule has 1 aromatic carbocycles. The maximum Gasteiger partial charge on any atom is 0.287 e. The number of hydrogen-bond acceptors (Lipinski definition) is 5. The van der Waals surface area contributed by atoms with Gasteiger partial charge in [-0.05, 0) is 30.5 Å². The van der Waals surface area contributed by atoms with Crippen molar-refractivity contribution in [2.24, 2.45) is 0 Å². The summed E-state index contributed by atoms with van der Waals surface area (Å²) in [5.41, 5.74) is 0.708. The van der Waals surface area contributed by atoms with Crippen LogP contribution in [0, 0.1) is 0 Å². The zero-order valence-corrected chi connectivity index (χ0v) is 17.7. The second-order valence-corrected chi connectivity index (χ2v) is 7.54.